The van der Waals surface area contributed by atoms with Gasteiger partial charge in [-0.2, -0.15) is 0 Å². The summed E-state index contributed by atoms with van der Waals surface area (Å²) in [6, 6.07) is 17.4. The highest BCUT2D eigenvalue weighted by atomic mass is 16.6. The van der Waals surface area contributed by atoms with Crippen LogP contribution in [0.3, 0.4) is 0 Å². The molecule has 0 spiro atoms. The smallest absolute Gasteiger partial charge is 0.338 e. The minimum Gasteiger partial charge on any atom is -0.466 e. The largest absolute Gasteiger partial charge is 0.466 e. The predicted molar refractivity (Wildman–Crippen MR) is 166 cm³/mol. The molecule has 8 atom stereocenters. The van der Waals surface area contributed by atoms with Gasteiger partial charge in [0.05, 0.1) is 36.2 Å². The van der Waals surface area contributed by atoms with E-state index in [1.807, 2.05) is 30.3 Å². The SMILES string of the molecule is CCC1C[C@@](O)(CCOC(=O)CCc2ccccc2)[C@@H](OC(=O)c2ccccc2)C2[C@]3(OC(C)=O)COC3C[C@H](O)[C@@]2(C)C(=O)C1=O. The van der Waals surface area contributed by atoms with Gasteiger partial charge in [-0.05, 0) is 43.9 Å². The van der Waals surface area contributed by atoms with Gasteiger partial charge >= 0.3 is 17.9 Å². The van der Waals surface area contributed by atoms with Gasteiger partial charge in [0.2, 0.25) is 11.6 Å². The highest BCUT2D eigenvalue weighted by Gasteiger charge is 2.75. The molecule has 2 aromatic carbocycles. The summed E-state index contributed by atoms with van der Waals surface area (Å²) >= 11 is 0. The van der Waals surface area contributed by atoms with E-state index >= 15 is 0 Å². The molecule has 0 aromatic heterocycles. The van der Waals surface area contributed by atoms with E-state index in [2.05, 4.69) is 0 Å². The summed E-state index contributed by atoms with van der Waals surface area (Å²) in [6.45, 7) is 3.76. The van der Waals surface area contributed by atoms with Crippen molar-refractivity contribution in [2.24, 2.45) is 17.3 Å². The summed E-state index contributed by atoms with van der Waals surface area (Å²) in [4.78, 5) is 67.0. The van der Waals surface area contributed by atoms with E-state index in [0.717, 1.165) is 5.56 Å². The van der Waals surface area contributed by atoms with Crippen LogP contribution >= 0.6 is 0 Å². The van der Waals surface area contributed by atoms with Gasteiger partial charge in [-0.3, -0.25) is 19.2 Å². The lowest BCUT2D eigenvalue weighted by atomic mass is 9.49. The lowest BCUT2D eigenvalue weighted by Crippen LogP contribution is -2.80. The Kier molecular flexibility index (Phi) is 10.0. The van der Waals surface area contributed by atoms with Gasteiger partial charge in [0, 0.05) is 32.1 Å². The maximum Gasteiger partial charge on any atom is 0.338 e. The van der Waals surface area contributed by atoms with Crippen LogP contribution in [0.4, 0.5) is 0 Å². The van der Waals surface area contributed by atoms with Crippen LogP contribution in [-0.4, -0.2) is 82.4 Å². The molecule has 11 heteroatoms. The maximum atomic E-state index is 14.2. The quantitative estimate of drug-likeness (QED) is 0.221. The van der Waals surface area contributed by atoms with Gasteiger partial charge in [0.15, 0.2) is 5.60 Å². The molecule has 1 aliphatic heterocycles. The molecule has 2 aliphatic carbocycles. The van der Waals surface area contributed by atoms with Crippen LogP contribution in [0.2, 0.25) is 0 Å². The Bertz CT molecular complexity index is 1490. The Morgan fingerprint density at radius 1 is 1.02 bits per heavy atom. The molecule has 0 radical (unpaired) electrons. The molecule has 252 valence electrons. The number of aliphatic hydroxyl groups excluding tert-OH is 1. The number of carbonyl (C=O) groups excluding carboxylic acids is 5. The molecule has 2 N–H and O–H groups in total. The van der Waals surface area contributed by atoms with Crippen LogP contribution in [-0.2, 0) is 44.5 Å². The summed E-state index contributed by atoms with van der Waals surface area (Å²) in [5.74, 6) is -6.14. The van der Waals surface area contributed by atoms with E-state index in [-0.39, 0.29) is 50.9 Å². The molecule has 47 heavy (non-hydrogen) atoms. The highest BCUT2D eigenvalue weighted by molar-refractivity contribution is 6.40. The molecule has 0 bridgehead atoms. The highest BCUT2D eigenvalue weighted by Crippen LogP contribution is 2.59. The molecule has 1 heterocycles. The molecular weight excluding hydrogens is 608 g/mol. The van der Waals surface area contributed by atoms with Crippen LogP contribution in [0.15, 0.2) is 60.7 Å². The van der Waals surface area contributed by atoms with Crippen molar-refractivity contribution in [2.45, 2.75) is 88.8 Å². The fraction of sp³-hybridized carbons (Fsp3) is 0.528. The summed E-state index contributed by atoms with van der Waals surface area (Å²) in [6.07, 6.45) is -4.00. The number of carbonyl (C=O) groups is 5. The zero-order valence-electron chi connectivity index (χ0n) is 26.9. The van der Waals surface area contributed by atoms with Crippen LogP contribution < -0.4 is 0 Å². The van der Waals surface area contributed by atoms with Gasteiger partial charge in [0.1, 0.15) is 17.8 Å². The first-order valence-corrected chi connectivity index (χ1v) is 16.1. The van der Waals surface area contributed by atoms with Crippen molar-refractivity contribution in [2.75, 3.05) is 13.2 Å². The molecule has 2 aromatic rings. The minimum absolute atomic E-state index is 0.0842. The minimum atomic E-state index is -2.07. The van der Waals surface area contributed by atoms with E-state index in [9.17, 15) is 34.2 Å². The van der Waals surface area contributed by atoms with Crippen molar-refractivity contribution in [1.29, 1.82) is 0 Å². The number of Topliss-reactive ketones (excluding diaryl/α,β-unsaturated/α-hetero) is 2. The summed E-state index contributed by atoms with van der Waals surface area (Å²) in [5.41, 5.74) is -4.52. The van der Waals surface area contributed by atoms with E-state index in [0.29, 0.717) is 6.42 Å². The number of aryl methyl sites for hydroxylation is 1. The zero-order chi connectivity index (χ0) is 34.0. The summed E-state index contributed by atoms with van der Waals surface area (Å²) < 4.78 is 23.3. The second kappa shape index (κ2) is 13.7. The second-order valence-corrected chi connectivity index (χ2v) is 13.1. The fourth-order valence-electron chi connectivity index (χ4n) is 7.59. The van der Waals surface area contributed by atoms with E-state index in [1.165, 1.54) is 26.0 Å². The molecule has 11 nitrogen and oxygen atoms in total. The lowest BCUT2D eigenvalue weighted by Gasteiger charge is -2.64. The molecule has 5 rings (SSSR count). The average Bonchev–Trinajstić information content (AvgIpc) is 3.06. The number of fused-ring (bicyclic) bond motifs is 3. The van der Waals surface area contributed by atoms with Crippen molar-refractivity contribution in [1.82, 2.24) is 0 Å². The fourth-order valence-corrected chi connectivity index (χ4v) is 7.59. The van der Waals surface area contributed by atoms with Crippen molar-refractivity contribution in [3.05, 3.63) is 71.8 Å². The van der Waals surface area contributed by atoms with Gasteiger partial charge in [-0.1, -0.05) is 55.5 Å². The van der Waals surface area contributed by atoms with Crippen molar-refractivity contribution >= 4 is 29.5 Å². The number of hydrogen-bond donors (Lipinski definition) is 2. The Morgan fingerprint density at radius 3 is 2.28 bits per heavy atom. The second-order valence-electron chi connectivity index (χ2n) is 13.1. The first kappa shape index (κ1) is 34.4. The number of hydrogen-bond acceptors (Lipinski definition) is 11. The molecule has 3 unspecified atom stereocenters. The van der Waals surface area contributed by atoms with Crippen molar-refractivity contribution in [3.8, 4) is 0 Å². The van der Waals surface area contributed by atoms with Crippen molar-refractivity contribution in [3.63, 3.8) is 0 Å². The van der Waals surface area contributed by atoms with E-state index < -0.39 is 76.2 Å². The number of benzene rings is 2. The Labute approximate surface area is 273 Å². The number of ether oxygens (including phenoxy) is 4. The van der Waals surface area contributed by atoms with Gasteiger partial charge < -0.3 is 29.2 Å². The van der Waals surface area contributed by atoms with Gasteiger partial charge in [0.25, 0.3) is 0 Å². The normalized spacial score (nSPS) is 33.3. The third kappa shape index (κ3) is 6.48. The molecule has 3 fully saturated rings. The van der Waals surface area contributed by atoms with E-state index in [1.54, 1.807) is 25.1 Å². The Morgan fingerprint density at radius 2 is 1.68 bits per heavy atom. The molecule has 3 aliphatic rings. The Hall–Kier alpha value is -3.93. The molecular formula is C36H42O11. The monoisotopic (exact) mass is 650 g/mol. The Balaban J connectivity index is 1.56. The first-order valence-electron chi connectivity index (χ1n) is 16.1. The van der Waals surface area contributed by atoms with Crippen molar-refractivity contribution < 1.29 is 53.1 Å². The number of aliphatic hydroxyl groups is 2. The predicted octanol–water partition coefficient (Wildman–Crippen LogP) is 3.17. The standard InChI is InChI=1S/C36H42O11/c1-4-24-20-35(43,17-18-44-28(39)16-15-23-11-7-5-8-12-23)32(46-33(42)25-13-9-6-10-14-25)30-34(3,31(41)29(24)40)26(38)19-27-36(30,21-45-27)47-22(2)37/h5-14,24,26-27,30,32,38,43H,4,15-21H2,1-3H3/t24?,26-,27?,30?,32-,34+,35-,36-/m0/s1. The third-order valence-electron chi connectivity index (χ3n) is 10.2. The zero-order valence-corrected chi connectivity index (χ0v) is 26.9. The number of rotatable bonds is 10. The van der Waals surface area contributed by atoms with Crippen LogP contribution in [0, 0.1) is 17.3 Å². The first-order chi connectivity index (χ1) is 22.4. The van der Waals surface area contributed by atoms with Crippen LogP contribution in [0.25, 0.3) is 0 Å². The van der Waals surface area contributed by atoms with Crippen LogP contribution in [0.1, 0.15) is 68.8 Å². The molecule has 1 saturated heterocycles. The molecule has 2 saturated carbocycles. The molecule has 0 amide bonds. The topological polar surface area (TPSA) is 163 Å². The van der Waals surface area contributed by atoms with E-state index in [4.69, 9.17) is 18.9 Å². The number of esters is 3. The maximum absolute atomic E-state index is 14.2. The van der Waals surface area contributed by atoms with Gasteiger partial charge in [-0.25, -0.2) is 4.79 Å². The number of ketones is 2. The third-order valence-corrected chi connectivity index (χ3v) is 10.2. The average molecular weight is 651 g/mol. The summed E-state index contributed by atoms with van der Waals surface area (Å²) in [7, 11) is 0. The van der Waals surface area contributed by atoms with Crippen LogP contribution in [0.5, 0.6) is 0 Å². The van der Waals surface area contributed by atoms with Gasteiger partial charge in [-0.15, -0.1) is 0 Å². The lowest BCUT2D eigenvalue weighted by molar-refractivity contribution is -0.339. The summed E-state index contributed by atoms with van der Waals surface area (Å²) in [5, 5.41) is 24.2.